The number of aromatic hydroxyl groups is 1. The lowest BCUT2D eigenvalue weighted by molar-refractivity contribution is -0.166. The number of nitrogens with zero attached hydrogens (tertiary/aromatic N) is 2. The molecule has 4 heterocycles. The molecular weight excluding hydrogens is 1010 g/mol. The van der Waals surface area contributed by atoms with Crippen LogP contribution in [0.3, 0.4) is 0 Å². The topological polar surface area (TPSA) is 313 Å². The van der Waals surface area contributed by atoms with Crippen LogP contribution in [0.4, 0.5) is 0 Å². The van der Waals surface area contributed by atoms with Crippen LogP contribution in [-0.4, -0.2) is 157 Å². The van der Waals surface area contributed by atoms with E-state index in [1.54, 1.807) is 46.8 Å². The highest BCUT2D eigenvalue weighted by molar-refractivity contribution is 6.19. The second-order valence-corrected chi connectivity index (χ2v) is 22.2. The molecule has 1 aromatic rings. The number of amides is 3. The maximum atomic E-state index is 15.0. The van der Waals surface area contributed by atoms with Gasteiger partial charge in [-0.15, -0.1) is 0 Å². The Morgan fingerprint density at radius 1 is 1.00 bits per heavy atom. The number of ketones is 2. The van der Waals surface area contributed by atoms with E-state index in [0.717, 1.165) is 11.4 Å². The van der Waals surface area contributed by atoms with Gasteiger partial charge in [0.15, 0.2) is 0 Å². The average molecular weight is 1090 g/mol. The number of rotatable bonds is 13. The van der Waals surface area contributed by atoms with Gasteiger partial charge in [0, 0.05) is 88.0 Å². The summed E-state index contributed by atoms with van der Waals surface area (Å²) in [6.07, 6.45) is 5.23. The molecule has 2 fully saturated rings. The molecule has 6 rings (SSSR count). The first-order valence-corrected chi connectivity index (χ1v) is 27.0. The van der Waals surface area contributed by atoms with E-state index in [9.17, 15) is 43.8 Å². The predicted octanol–water partition coefficient (Wildman–Crippen LogP) is 2.65. The molecule has 5 bridgehead atoms. The minimum atomic E-state index is -2.02. The number of nitrogens with two attached hydrogens (primary N) is 2. The second-order valence-electron chi connectivity index (χ2n) is 22.2. The number of piperidine rings is 1. The van der Waals surface area contributed by atoms with E-state index in [1.807, 2.05) is 0 Å². The number of hydrogen-bond acceptors (Lipinski definition) is 19. The zero-order valence-corrected chi connectivity index (χ0v) is 47.2. The number of hydrogen-bond donors (Lipinski definition) is 8. The fourth-order valence-electron chi connectivity index (χ4n) is 11.2. The lowest BCUT2D eigenvalue weighted by Gasteiger charge is -2.40. The Kier molecular flexibility index (Phi) is 19.8. The molecule has 1 aliphatic carbocycles. The van der Waals surface area contributed by atoms with Crippen molar-refractivity contribution in [3.63, 3.8) is 0 Å². The molecule has 4 aliphatic heterocycles. The number of carbonyl (C=O) groups is 7. The molecule has 22 heteroatoms. The van der Waals surface area contributed by atoms with E-state index >= 15 is 0 Å². The molecule has 78 heavy (non-hydrogen) atoms. The summed E-state index contributed by atoms with van der Waals surface area (Å²) in [5.41, 5.74) is 11.2. The molecule has 1 spiro atoms. The van der Waals surface area contributed by atoms with Crippen molar-refractivity contribution < 1.29 is 67.5 Å². The maximum Gasteiger partial charge on any atom is 0.325 e. The molecule has 10 N–H and O–H groups in total. The summed E-state index contributed by atoms with van der Waals surface area (Å²) in [7, 11) is 2.79. The van der Waals surface area contributed by atoms with Gasteiger partial charge in [0.25, 0.3) is 11.7 Å². The fraction of sp³-hybridized carbons (Fsp3) is 0.625. The number of aliphatic hydroxyl groups is 1. The minimum Gasteiger partial charge on any atom is -0.507 e. The Morgan fingerprint density at radius 3 is 2.29 bits per heavy atom. The zero-order chi connectivity index (χ0) is 57.7. The van der Waals surface area contributed by atoms with Crippen LogP contribution in [0.25, 0.3) is 0 Å². The standard InChI is InChI=1S/C56H82N8O14/c1-28(2)26-64-22-19-56(20-23-64)61-43-40-41-47(69)34(8)51-42(40)52(71)55(10,78-51)75-24-18-37(74-12)31(5)50(76-35(9)65)33(7)46(68)32(6)49(29(3)15-13-16-30(4)53(72)60-45(48(41)70)44(43)62-56)77-39(67)27-63(11)38(66)25-59-54(73)36(58)17-14-21-57/h13,15-16,18,24,28-29,31-33,36-37,43,46,49-50,61-62,68-69H,14,17,19-23,25-27,57-58H2,1-12H3,(H,59,73)(H,60,72)/b15-13+,24-18+,30-16-/t29-,31+,32-,33+,36-,37-,43?,46+,49-,50+,55-/m0/s1. The third kappa shape index (κ3) is 13.1. The first kappa shape index (κ1) is 61.0. The maximum absolute atomic E-state index is 15.0. The number of aliphatic hydroxyl groups excluding tert-OH is 1. The van der Waals surface area contributed by atoms with E-state index in [4.69, 9.17) is 35.2 Å². The van der Waals surface area contributed by atoms with Crippen LogP contribution in [0.2, 0.25) is 0 Å². The van der Waals surface area contributed by atoms with Gasteiger partial charge in [0.2, 0.25) is 17.6 Å². The number of Topliss-reactive ketones (excluding diaryl/α,β-unsaturated/α-hetero) is 2. The normalized spacial score (nSPS) is 30.2. The van der Waals surface area contributed by atoms with E-state index in [1.165, 1.54) is 53.3 Å². The number of methoxy groups -OCH3 is 1. The number of likely N-dealkylation sites (tertiary alicyclic amines) is 1. The molecule has 0 saturated carbocycles. The van der Waals surface area contributed by atoms with Crippen molar-refractivity contribution >= 4 is 41.2 Å². The third-order valence-corrected chi connectivity index (χ3v) is 15.8. The van der Waals surface area contributed by atoms with Crippen LogP contribution in [0.5, 0.6) is 11.5 Å². The number of ether oxygens (including phenoxy) is 5. The number of phenolic OH excluding ortho intramolecular Hbond substituents is 1. The lowest BCUT2D eigenvalue weighted by Crippen LogP contribution is -2.56. The van der Waals surface area contributed by atoms with Crippen LogP contribution in [0, 0.1) is 36.5 Å². The van der Waals surface area contributed by atoms with Crippen molar-refractivity contribution in [3.05, 3.63) is 69.8 Å². The number of phenols is 1. The Hall–Kier alpha value is -6.17. The minimum absolute atomic E-state index is 0.0283. The smallest absolute Gasteiger partial charge is 0.325 e. The van der Waals surface area contributed by atoms with Crippen molar-refractivity contribution in [2.45, 2.75) is 143 Å². The van der Waals surface area contributed by atoms with E-state index < -0.39 is 132 Å². The Bertz CT molecular complexity index is 2610. The van der Waals surface area contributed by atoms with Gasteiger partial charge in [-0.2, -0.15) is 0 Å². The predicted molar refractivity (Wildman–Crippen MR) is 287 cm³/mol. The second kappa shape index (κ2) is 25.3. The molecule has 0 aromatic heterocycles. The molecule has 11 atom stereocenters. The average Bonchev–Trinajstić information content (AvgIpc) is 3.97. The van der Waals surface area contributed by atoms with Gasteiger partial charge in [-0.05, 0) is 58.1 Å². The van der Waals surface area contributed by atoms with Gasteiger partial charge in [-0.25, -0.2) is 0 Å². The molecule has 430 valence electrons. The summed E-state index contributed by atoms with van der Waals surface area (Å²) in [6, 6.07) is -1.76. The number of likely N-dealkylation sites (N-methyl/N-ethyl adjacent to an activating group) is 1. The zero-order valence-electron chi connectivity index (χ0n) is 47.2. The number of benzene rings is 1. The number of fused-ring (bicyclic) bond motifs is 3. The summed E-state index contributed by atoms with van der Waals surface area (Å²) < 4.78 is 30.4. The van der Waals surface area contributed by atoms with Crippen molar-refractivity contribution in [3.8, 4) is 11.5 Å². The summed E-state index contributed by atoms with van der Waals surface area (Å²) in [5, 5.41) is 36.8. The van der Waals surface area contributed by atoms with Gasteiger partial charge in [-0.1, -0.05) is 59.8 Å². The van der Waals surface area contributed by atoms with Gasteiger partial charge < -0.3 is 71.1 Å². The molecular formula is C56H82N8O14. The van der Waals surface area contributed by atoms with Crippen molar-refractivity contribution in [2.24, 2.45) is 41.1 Å². The van der Waals surface area contributed by atoms with Gasteiger partial charge >= 0.3 is 17.7 Å². The third-order valence-electron chi connectivity index (χ3n) is 15.8. The highest BCUT2D eigenvalue weighted by Gasteiger charge is 2.56. The van der Waals surface area contributed by atoms with Crippen molar-refractivity contribution in [1.82, 2.24) is 31.1 Å². The summed E-state index contributed by atoms with van der Waals surface area (Å²) in [5.74, 6) is -9.72. The Balaban J connectivity index is 1.40. The number of nitrogens with one attached hydrogen (secondary N) is 4. The Morgan fingerprint density at radius 2 is 1.67 bits per heavy atom. The molecule has 1 aromatic carbocycles. The lowest BCUT2D eigenvalue weighted by atomic mass is 9.78. The van der Waals surface area contributed by atoms with E-state index in [2.05, 4.69) is 40.0 Å². The van der Waals surface area contributed by atoms with Crippen LogP contribution in [0.15, 0.2) is 47.5 Å². The summed E-state index contributed by atoms with van der Waals surface area (Å²) in [4.78, 5) is 99.8. The van der Waals surface area contributed by atoms with E-state index in [0.29, 0.717) is 56.9 Å². The van der Waals surface area contributed by atoms with Crippen LogP contribution >= 0.6 is 0 Å². The van der Waals surface area contributed by atoms with Gasteiger partial charge in [0.1, 0.15) is 35.9 Å². The van der Waals surface area contributed by atoms with Crippen LogP contribution < -0.4 is 37.5 Å². The van der Waals surface area contributed by atoms with Crippen LogP contribution in [0.1, 0.15) is 126 Å². The summed E-state index contributed by atoms with van der Waals surface area (Å²) >= 11 is 0. The van der Waals surface area contributed by atoms with Crippen molar-refractivity contribution in [1.29, 1.82) is 0 Å². The van der Waals surface area contributed by atoms with E-state index in [-0.39, 0.29) is 39.3 Å². The number of carbonyl (C=O) groups excluding carboxylic acids is 7. The van der Waals surface area contributed by atoms with Crippen LogP contribution in [-0.2, 0) is 42.9 Å². The molecule has 5 aliphatic rings. The Labute approximate surface area is 457 Å². The SMILES string of the molecule is CO[C@H]1/C=C/O[C@@]2(C)Oc3c(C)c(O)c4c(c3C2=O)C2NC3(CCN(CC(C)C)CC3)NC2=C(NC(=O)/C(C)=C\C=C\[C@H](C)[C@H](OC(=O)CN(C)C(=O)CNC(=O)[C@@H](N)CCCN)[C@@H](C)[C@@H](O)[C@@H](C)[C@H](OC(C)=O)[C@@H]1C)C4=O. The quantitative estimate of drug-likeness (QED) is 0.132. The molecule has 1 unspecified atom stereocenters. The number of allylic oxidation sites excluding steroid dienone is 3. The number of esters is 2. The molecule has 3 amide bonds. The highest BCUT2D eigenvalue weighted by atomic mass is 16.7. The fourth-order valence-corrected chi connectivity index (χ4v) is 11.2. The van der Waals surface area contributed by atoms with Gasteiger partial charge in [0.05, 0.1) is 59.6 Å². The monoisotopic (exact) mass is 1090 g/mol. The first-order valence-electron chi connectivity index (χ1n) is 27.0. The van der Waals surface area contributed by atoms with Gasteiger partial charge in [-0.3, -0.25) is 38.9 Å². The largest absolute Gasteiger partial charge is 0.507 e. The molecule has 22 nitrogen and oxygen atoms in total. The summed E-state index contributed by atoms with van der Waals surface area (Å²) in [6.45, 7) is 18.6. The first-order chi connectivity index (χ1) is 36.7. The highest BCUT2D eigenvalue weighted by Crippen LogP contribution is 2.53. The molecule has 0 radical (unpaired) electrons. The van der Waals surface area contributed by atoms with Crippen molar-refractivity contribution in [2.75, 3.05) is 53.4 Å². The molecule has 2 saturated heterocycles.